The molecule has 1 saturated heterocycles. The van der Waals surface area contributed by atoms with Crippen LogP contribution in [0.5, 0.6) is 0 Å². The summed E-state index contributed by atoms with van der Waals surface area (Å²) in [5.74, 6) is 1.65. The summed E-state index contributed by atoms with van der Waals surface area (Å²) in [5.41, 5.74) is 7.10. The van der Waals surface area contributed by atoms with Gasteiger partial charge in [-0.15, -0.1) is 0 Å². The zero-order valence-corrected chi connectivity index (χ0v) is 23.3. The Kier molecular flexibility index (Phi) is 12.2. The van der Waals surface area contributed by atoms with E-state index >= 15 is 0 Å². The molecule has 6 N–H and O–H groups in total. The third kappa shape index (κ3) is 10.2. The number of ether oxygens (including phenoxy) is 2. The molecule has 2 aromatic rings. The van der Waals surface area contributed by atoms with Crippen molar-refractivity contribution in [3.8, 4) is 0 Å². The van der Waals surface area contributed by atoms with Gasteiger partial charge in [0.2, 0.25) is 23.8 Å². The van der Waals surface area contributed by atoms with Crippen LogP contribution in [0.1, 0.15) is 50.5 Å². The molecule has 1 aliphatic heterocycles. The van der Waals surface area contributed by atoms with Gasteiger partial charge in [0.1, 0.15) is 0 Å². The second-order valence-electron chi connectivity index (χ2n) is 10.3. The second kappa shape index (κ2) is 16.3. The maximum absolute atomic E-state index is 12.3. The van der Waals surface area contributed by atoms with Crippen LogP contribution in [-0.2, 0) is 20.7 Å². The molecule has 40 heavy (non-hydrogen) atoms. The van der Waals surface area contributed by atoms with Gasteiger partial charge in [0.25, 0.3) is 0 Å². The number of carbonyl (C=O) groups excluding carboxylic acids is 1. The summed E-state index contributed by atoms with van der Waals surface area (Å²) in [4.78, 5) is 28.6. The fraction of sp³-hybridized carbons (Fsp3) is 0.643. The first-order chi connectivity index (χ1) is 19.6. The number of amides is 1. The molecule has 2 fully saturated rings. The van der Waals surface area contributed by atoms with Crippen LogP contribution >= 0.6 is 0 Å². The SMILES string of the molecule is NCCOCCOCCNC(=O)Cc1ccc(Nc2nc(NC3CCC(O)CC3)nc(N3CCCCC3)n2)cc1. The summed E-state index contributed by atoms with van der Waals surface area (Å²) in [5, 5.41) is 19.5. The first-order valence-electron chi connectivity index (χ1n) is 14.5. The number of aromatic nitrogens is 3. The van der Waals surface area contributed by atoms with Crippen molar-refractivity contribution >= 4 is 29.4 Å². The van der Waals surface area contributed by atoms with Gasteiger partial charge in [0.15, 0.2) is 0 Å². The van der Waals surface area contributed by atoms with Crippen LogP contribution in [0.2, 0.25) is 0 Å². The first kappa shape index (κ1) is 29.9. The molecule has 0 unspecified atom stereocenters. The Labute approximate surface area is 236 Å². The van der Waals surface area contributed by atoms with Gasteiger partial charge in [0.05, 0.1) is 39.0 Å². The quantitative estimate of drug-likeness (QED) is 0.204. The Hall–Kier alpha value is -3.06. The summed E-state index contributed by atoms with van der Waals surface area (Å²) >= 11 is 0. The van der Waals surface area contributed by atoms with E-state index in [9.17, 15) is 9.90 Å². The number of nitrogens with two attached hydrogens (primary N) is 1. The lowest BCUT2D eigenvalue weighted by Crippen LogP contribution is -2.32. The fourth-order valence-corrected chi connectivity index (χ4v) is 4.87. The average molecular weight is 557 g/mol. The van der Waals surface area contributed by atoms with Crippen molar-refractivity contribution in [1.29, 1.82) is 0 Å². The van der Waals surface area contributed by atoms with Gasteiger partial charge in [-0.2, -0.15) is 15.0 Å². The van der Waals surface area contributed by atoms with Gasteiger partial charge < -0.3 is 41.2 Å². The van der Waals surface area contributed by atoms with Crippen LogP contribution in [-0.4, -0.2) is 90.7 Å². The molecule has 12 nitrogen and oxygen atoms in total. The molecule has 0 bridgehead atoms. The van der Waals surface area contributed by atoms with E-state index in [4.69, 9.17) is 25.2 Å². The van der Waals surface area contributed by atoms with Crippen molar-refractivity contribution in [1.82, 2.24) is 20.3 Å². The van der Waals surface area contributed by atoms with Crippen LogP contribution < -0.4 is 26.6 Å². The lowest BCUT2D eigenvalue weighted by molar-refractivity contribution is -0.120. The lowest BCUT2D eigenvalue weighted by Gasteiger charge is -2.28. The van der Waals surface area contributed by atoms with E-state index in [1.54, 1.807) is 0 Å². The summed E-state index contributed by atoms with van der Waals surface area (Å²) in [6.45, 7) is 4.75. The van der Waals surface area contributed by atoms with E-state index in [0.29, 0.717) is 57.4 Å². The van der Waals surface area contributed by atoms with E-state index in [-0.39, 0.29) is 24.5 Å². The van der Waals surface area contributed by atoms with E-state index in [2.05, 4.69) is 25.8 Å². The van der Waals surface area contributed by atoms with Crippen molar-refractivity contribution < 1.29 is 19.4 Å². The zero-order chi connectivity index (χ0) is 28.0. The highest BCUT2D eigenvalue weighted by atomic mass is 16.5. The molecular weight excluding hydrogens is 512 g/mol. The van der Waals surface area contributed by atoms with Crippen molar-refractivity contribution in [2.45, 2.75) is 63.5 Å². The number of aliphatic hydroxyl groups is 1. The molecule has 0 spiro atoms. The topological polar surface area (TPSA) is 160 Å². The molecule has 0 atom stereocenters. The third-order valence-corrected chi connectivity index (χ3v) is 7.07. The highest BCUT2D eigenvalue weighted by Crippen LogP contribution is 2.24. The maximum Gasteiger partial charge on any atom is 0.233 e. The standard InChI is InChI=1S/C28H44N8O4/c29-12-16-39-18-19-40-17-13-30-25(38)20-21-4-6-22(7-5-21)31-26-33-27(32-23-8-10-24(37)11-9-23)35-28(34-26)36-14-2-1-3-15-36/h4-7,23-24,37H,1-3,8-20,29H2,(H,30,38)(H2,31,32,33,34,35). The minimum atomic E-state index is -0.210. The van der Waals surface area contributed by atoms with Gasteiger partial charge in [0, 0.05) is 37.9 Å². The maximum atomic E-state index is 12.3. The van der Waals surface area contributed by atoms with Crippen molar-refractivity contribution in [2.75, 3.05) is 68.1 Å². The highest BCUT2D eigenvalue weighted by molar-refractivity contribution is 5.78. The number of aliphatic hydroxyl groups excluding tert-OH is 1. The van der Waals surface area contributed by atoms with E-state index in [1.807, 2.05) is 24.3 Å². The molecule has 1 aromatic heterocycles. The van der Waals surface area contributed by atoms with Crippen LogP contribution in [0.25, 0.3) is 0 Å². The van der Waals surface area contributed by atoms with E-state index < -0.39 is 0 Å². The molecule has 0 radical (unpaired) electrons. The van der Waals surface area contributed by atoms with Gasteiger partial charge >= 0.3 is 0 Å². The normalized spacial score (nSPS) is 19.3. The third-order valence-electron chi connectivity index (χ3n) is 7.07. The predicted octanol–water partition coefficient (Wildman–Crippen LogP) is 1.97. The Balaban J connectivity index is 1.29. The monoisotopic (exact) mass is 556 g/mol. The van der Waals surface area contributed by atoms with Crippen molar-refractivity contribution in [3.05, 3.63) is 29.8 Å². The van der Waals surface area contributed by atoms with Gasteiger partial charge in [-0.1, -0.05) is 12.1 Å². The number of hydrogen-bond donors (Lipinski definition) is 5. The largest absolute Gasteiger partial charge is 0.393 e. The number of benzene rings is 1. The van der Waals surface area contributed by atoms with Crippen molar-refractivity contribution in [3.63, 3.8) is 0 Å². The molecule has 1 saturated carbocycles. The zero-order valence-electron chi connectivity index (χ0n) is 23.3. The van der Waals surface area contributed by atoms with Gasteiger partial charge in [-0.3, -0.25) is 4.79 Å². The van der Waals surface area contributed by atoms with E-state index in [1.165, 1.54) is 6.42 Å². The summed E-state index contributed by atoms with van der Waals surface area (Å²) in [7, 11) is 0. The Morgan fingerprint density at radius 3 is 2.35 bits per heavy atom. The summed E-state index contributed by atoms with van der Waals surface area (Å²) in [6.07, 6.45) is 6.92. The summed E-state index contributed by atoms with van der Waals surface area (Å²) < 4.78 is 10.7. The molecule has 2 aliphatic rings. The van der Waals surface area contributed by atoms with E-state index in [0.717, 1.165) is 62.9 Å². The number of nitrogens with one attached hydrogen (secondary N) is 3. The molecule has 12 heteroatoms. The molecule has 1 aromatic carbocycles. The Morgan fingerprint density at radius 1 is 0.925 bits per heavy atom. The number of nitrogens with zero attached hydrogens (tertiary/aromatic N) is 4. The smallest absolute Gasteiger partial charge is 0.233 e. The Bertz CT molecular complexity index is 1030. The lowest BCUT2D eigenvalue weighted by atomic mass is 9.93. The number of anilines is 4. The highest BCUT2D eigenvalue weighted by Gasteiger charge is 2.22. The molecule has 1 aliphatic carbocycles. The number of hydrogen-bond acceptors (Lipinski definition) is 11. The molecule has 2 heterocycles. The van der Waals surface area contributed by atoms with Crippen LogP contribution in [0.3, 0.4) is 0 Å². The van der Waals surface area contributed by atoms with Crippen molar-refractivity contribution in [2.24, 2.45) is 5.73 Å². The second-order valence-corrected chi connectivity index (χ2v) is 10.3. The fourth-order valence-electron chi connectivity index (χ4n) is 4.87. The molecule has 220 valence electrons. The van der Waals surface area contributed by atoms with Gasteiger partial charge in [-0.25, -0.2) is 0 Å². The average Bonchev–Trinajstić information content (AvgIpc) is 2.97. The minimum Gasteiger partial charge on any atom is -0.393 e. The van der Waals surface area contributed by atoms with Crippen LogP contribution in [0.15, 0.2) is 24.3 Å². The van der Waals surface area contributed by atoms with Crippen LogP contribution in [0.4, 0.5) is 23.5 Å². The molecule has 1 amide bonds. The first-order valence-corrected chi connectivity index (χ1v) is 14.5. The predicted molar refractivity (Wildman–Crippen MR) is 155 cm³/mol. The molecule has 4 rings (SSSR count). The Morgan fingerprint density at radius 2 is 1.62 bits per heavy atom. The molecular formula is C28H44N8O4. The number of carbonyl (C=O) groups is 1. The van der Waals surface area contributed by atoms with Gasteiger partial charge in [-0.05, 0) is 62.6 Å². The minimum absolute atomic E-state index is 0.0571. The summed E-state index contributed by atoms with van der Waals surface area (Å²) in [6, 6.07) is 7.93. The number of rotatable bonds is 15. The van der Waals surface area contributed by atoms with Crippen LogP contribution in [0, 0.1) is 0 Å². The number of piperidine rings is 1.